The van der Waals surface area contributed by atoms with E-state index in [2.05, 4.69) is 27.6 Å². The maximum absolute atomic E-state index is 13.6. The van der Waals surface area contributed by atoms with E-state index < -0.39 is 0 Å². The minimum absolute atomic E-state index is 0.289. The summed E-state index contributed by atoms with van der Waals surface area (Å²) in [7, 11) is 0. The Balaban J connectivity index is 2.36. The summed E-state index contributed by atoms with van der Waals surface area (Å²) in [6.07, 6.45) is 0. The molecule has 5 heteroatoms. The fourth-order valence-corrected chi connectivity index (χ4v) is 2.50. The molecule has 18 heavy (non-hydrogen) atoms. The second-order valence-electron chi connectivity index (χ2n) is 3.89. The smallest absolute Gasteiger partial charge is 0.206 e. The molecule has 90 valence electrons. The molecule has 1 aromatic heterocycles. The first-order valence-corrected chi connectivity index (χ1v) is 6.43. The average Bonchev–Trinajstić information content (AvgIpc) is 2.67. The third-order valence-electron chi connectivity index (χ3n) is 2.73. The fraction of sp³-hybridized carbons (Fsp3) is 0. The second-order valence-corrected chi connectivity index (χ2v) is 5.14. The van der Waals surface area contributed by atoms with E-state index in [1.807, 2.05) is 30.3 Å². The third kappa shape index (κ3) is 1.74. The molecule has 0 aliphatic heterocycles. The lowest BCUT2D eigenvalue weighted by Crippen LogP contribution is -2.00. The highest BCUT2D eigenvalue weighted by molar-refractivity contribution is 14.1. The van der Waals surface area contributed by atoms with Crippen molar-refractivity contribution in [1.82, 2.24) is 9.55 Å². The van der Waals surface area contributed by atoms with E-state index in [1.54, 1.807) is 10.6 Å². The minimum Gasteiger partial charge on any atom is -0.369 e. The predicted molar refractivity (Wildman–Crippen MR) is 78.2 cm³/mol. The monoisotopic (exact) mass is 353 g/mol. The first kappa shape index (κ1) is 11.5. The van der Waals surface area contributed by atoms with Gasteiger partial charge in [-0.15, -0.1) is 0 Å². The summed E-state index contributed by atoms with van der Waals surface area (Å²) in [6, 6.07) is 12.7. The molecule has 1 heterocycles. The van der Waals surface area contributed by atoms with Crippen LogP contribution in [0.5, 0.6) is 0 Å². The fourth-order valence-electron chi connectivity index (χ4n) is 1.97. The Labute approximate surface area is 117 Å². The van der Waals surface area contributed by atoms with Crippen molar-refractivity contribution in [3.63, 3.8) is 0 Å². The van der Waals surface area contributed by atoms with Crippen LogP contribution in [0.3, 0.4) is 0 Å². The van der Waals surface area contributed by atoms with Crippen molar-refractivity contribution < 1.29 is 4.39 Å². The quantitative estimate of drug-likeness (QED) is 0.682. The van der Waals surface area contributed by atoms with Crippen LogP contribution in [0.1, 0.15) is 0 Å². The standard InChI is InChI=1S/C13H9FIN3/c14-10-5-2-6-11-12(10)17-13(16)18(11)9-4-1-3-8(15)7-9/h1-7H,(H2,16,17). The number of imidazole rings is 1. The van der Waals surface area contributed by atoms with E-state index in [1.165, 1.54) is 6.07 Å². The van der Waals surface area contributed by atoms with Crippen molar-refractivity contribution in [2.45, 2.75) is 0 Å². The number of hydrogen-bond acceptors (Lipinski definition) is 2. The van der Waals surface area contributed by atoms with Crippen LogP contribution >= 0.6 is 22.6 Å². The molecule has 0 aliphatic rings. The lowest BCUT2D eigenvalue weighted by Gasteiger charge is -2.06. The van der Waals surface area contributed by atoms with Crippen LogP contribution < -0.4 is 5.73 Å². The molecule has 0 aliphatic carbocycles. The Hall–Kier alpha value is -1.63. The normalized spacial score (nSPS) is 11.0. The summed E-state index contributed by atoms with van der Waals surface area (Å²) in [5.74, 6) is -0.0688. The number of anilines is 1. The zero-order chi connectivity index (χ0) is 12.7. The molecule has 0 atom stereocenters. The molecule has 0 amide bonds. The van der Waals surface area contributed by atoms with Crippen LogP contribution in [0.15, 0.2) is 42.5 Å². The molecule has 0 radical (unpaired) electrons. The zero-order valence-electron chi connectivity index (χ0n) is 9.27. The molecule has 3 nitrogen and oxygen atoms in total. The van der Waals surface area contributed by atoms with Gasteiger partial charge in [-0.1, -0.05) is 12.1 Å². The average molecular weight is 353 g/mol. The number of hydrogen-bond donors (Lipinski definition) is 1. The van der Waals surface area contributed by atoms with E-state index in [9.17, 15) is 4.39 Å². The van der Waals surface area contributed by atoms with Gasteiger partial charge in [0.15, 0.2) is 5.82 Å². The van der Waals surface area contributed by atoms with Crippen LogP contribution in [0, 0.1) is 9.39 Å². The van der Waals surface area contributed by atoms with Gasteiger partial charge in [0.2, 0.25) is 5.95 Å². The highest BCUT2D eigenvalue weighted by Crippen LogP contribution is 2.25. The summed E-state index contributed by atoms with van der Waals surface area (Å²) in [4.78, 5) is 4.08. The van der Waals surface area contributed by atoms with E-state index >= 15 is 0 Å². The summed E-state index contributed by atoms with van der Waals surface area (Å²) < 4.78 is 16.5. The third-order valence-corrected chi connectivity index (χ3v) is 3.40. The number of benzene rings is 2. The number of para-hydroxylation sites is 1. The van der Waals surface area contributed by atoms with Gasteiger partial charge in [-0.3, -0.25) is 4.57 Å². The SMILES string of the molecule is Nc1nc2c(F)cccc2n1-c1cccc(I)c1. The van der Waals surface area contributed by atoms with Crippen LogP contribution in [0.2, 0.25) is 0 Å². The van der Waals surface area contributed by atoms with Gasteiger partial charge >= 0.3 is 0 Å². The number of fused-ring (bicyclic) bond motifs is 1. The van der Waals surface area contributed by atoms with Gasteiger partial charge in [0.25, 0.3) is 0 Å². The van der Waals surface area contributed by atoms with Gasteiger partial charge in [0, 0.05) is 3.57 Å². The van der Waals surface area contributed by atoms with E-state index in [0.717, 1.165) is 9.26 Å². The molecule has 2 N–H and O–H groups in total. The molecule has 0 saturated carbocycles. The minimum atomic E-state index is -0.358. The van der Waals surface area contributed by atoms with Crippen molar-refractivity contribution in [3.05, 3.63) is 51.9 Å². The van der Waals surface area contributed by atoms with E-state index in [0.29, 0.717) is 11.0 Å². The van der Waals surface area contributed by atoms with Crippen LogP contribution in [0.4, 0.5) is 10.3 Å². The number of nitrogens with two attached hydrogens (primary N) is 1. The molecule has 0 spiro atoms. The number of nitrogen functional groups attached to an aromatic ring is 1. The van der Waals surface area contributed by atoms with Crippen molar-refractivity contribution in [2.75, 3.05) is 5.73 Å². The Morgan fingerprint density at radius 2 is 1.94 bits per heavy atom. The topological polar surface area (TPSA) is 43.8 Å². The second kappa shape index (κ2) is 4.24. The molecular formula is C13H9FIN3. The highest BCUT2D eigenvalue weighted by atomic mass is 127. The lowest BCUT2D eigenvalue weighted by atomic mass is 10.2. The Bertz CT molecular complexity index is 736. The summed E-state index contributed by atoms with van der Waals surface area (Å²) in [5, 5.41) is 0. The molecule has 0 unspecified atom stereocenters. The first-order chi connectivity index (χ1) is 8.66. The lowest BCUT2D eigenvalue weighted by molar-refractivity contribution is 0.637. The maximum Gasteiger partial charge on any atom is 0.206 e. The van der Waals surface area contributed by atoms with Crippen LogP contribution in [-0.2, 0) is 0 Å². The van der Waals surface area contributed by atoms with Gasteiger partial charge < -0.3 is 5.73 Å². The highest BCUT2D eigenvalue weighted by Gasteiger charge is 2.12. The molecule has 3 aromatic rings. The van der Waals surface area contributed by atoms with Crippen molar-refractivity contribution in [1.29, 1.82) is 0 Å². The van der Waals surface area contributed by atoms with Gasteiger partial charge in [0.1, 0.15) is 5.52 Å². The molecule has 0 bridgehead atoms. The van der Waals surface area contributed by atoms with Crippen LogP contribution in [0.25, 0.3) is 16.7 Å². The number of aromatic nitrogens is 2. The van der Waals surface area contributed by atoms with Crippen molar-refractivity contribution >= 4 is 39.6 Å². The number of rotatable bonds is 1. The van der Waals surface area contributed by atoms with Gasteiger partial charge in [0.05, 0.1) is 11.2 Å². The number of halogens is 2. The largest absolute Gasteiger partial charge is 0.369 e. The van der Waals surface area contributed by atoms with Gasteiger partial charge in [-0.05, 0) is 52.9 Å². The summed E-state index contributed by atoms with van der Waals surface area (Å²) in [5.41, 5.74) is 7.74. The van der Waals surface area contributed by atoms with Crippen LogP contribution in [-0.4, -0.2) is 9.55 Å². The molecule has 3 rings (SSSR count). The maximum atomic E-state index is 13.6. The Morgan fingerprint density at radius 3 is 2.72 bits per heavy atom. The zero-order valence-corrected chi connectivity index (χ0v) is 11.4. The predicted octanol–water partition coefficient (Wildman–Crippen LogP) is 3.35. The molecule has 2 aromatic carbocycles. The Kier molecular flexibility index (Phi) is 2.70. The molecule has 0 saturated heterocycles. The van der Waals surface area contributed by atoms with Crippen molar-refractivity contribution in [3.8, 4) is 5.69 Å². The molecular weight excluding hydrogens is 344 g/mol. The first-order valence-electron chi connectivity index (χ1n) is 5.35. The summed E-state index contributed by atoms with van der Waals surface area (Å²) in [6.45, 7) is 0. The van der Waals surface area contributed by atoms with E-state index in [-0.39, 0.29) is 11.8 Å². The Morgan fingerprint density at radius 1 is 1.17 bits per heavy atom. The number of nitrogens with zero attached hydrogens (tertiary/aromatic N) is 2. The molecule has 0 fully saturated rings. The van der Waals surface area contributed by atoms with Gasteiger partial charge in [-0.25, -0.2) is 9.37 Å². The van der Waals surface area contributed by atoms with Gasteiger partial charge in [-0.2, -0.15) is 0 Å². The van der Waals surface area contributed by atoms with E-state index in [4.69, 9.17) is 5.73 Å². The van der Waals surface area contributed by atoms with Crippen molar-refractivity contribution in [2.24, 2.45) is 0 Å². The summed E-state index contributed by atoms with van der Waals surface area (Å²) >= 11 is 2.22.